The first-order chi connectivity index (χ1) is 12.6. The van der Waals surface area contributed by atoms with Crippen LogP contribution in [0.3, 0.4) is 0 Å². The summed E-state index contributed by atoms with van der Waals surface area (Å²) < 4.78 is 24.2. The third kappa shape index (κ3) is 6.75. The van der Waals surface area contributed by atoms with Crippen LogP contribution in [0.4, 0.5) is 0 Å². The van der Waals surface area contributed by atoms with Gasteiger partial charge in [0.05, 0.1) is 6.10 Å². The van der Waals surface area contributed by atoms with E-state index in [1.54, 1.807) is 21.3 Å². The van der Waals surface area contributed by atoms with Crippen molar-refractivity contribution in [3.63, 3.8) is 0 Å². The summed E-state index contributed by atoms with van der Waals surface area (Å²) in [5.41, 5.74) is 0. The smallest absolute Gasteiger partial charge is 0.373 e. The minimum absolute atomic E-state index is 0.0969. The van der Waals surface area contributed by atoms with Crippen LogP contribution in [0.2, 0.25) is 6.04 Å². The normalized spacial score (nSPS) is 25.1. The Morgan fingerprint density at radius 1 is 1.04 bits per heavy atom. The molecule has 0 N–H and O–H groups in total. The van der Waals surface area contributed by atoms with Gasteiger partial charge in [0.25, 0.3) is 0 Å². The molecule has 1 fully saturated rings. The molecule has 1 heterocycles. The molecule has 1 aliphatic rings. The van der Waals surface area contributed by atoms with Crippen LogP contribution in [0.15, 0.2) is 12.2 Å². The van der Waals surface area contributed by atoms with Gasteiger partial charge in [-0.25, -0.2) is 0 Å². The maximum Gasteiger partial charge on any atom is 0.373 e. The Kier molecular flexibility index (Phi) is 14.7. The molecule has 1 rings (SSSR count). The fourth-order valence-corrected chi connectivity index (χ4v) is 8.01. The van der Waals surface area contributed by atoms with Crippen LogP contribution in [0.5, 0.6) is 0 Å². The quantitative estimate of drug-likeness (QED) is 0.255. The summed E-state index contributed by atoms with van der Waals surface area (Å²) in [4.78, 5) is 0. The molecule has 0 aromatic rings. The second-order valence-electron chi connectivity index (χ2n) is 6.94. The highest BCUT2D eigenvalue weighted by Gasteiger charge is 2.63. The molecule has 0 spiro atoms. The first kappa shape index (κ1) is 25.8. The molecule has 1 saturated heterocycles. The fourth-order valence-electron chi connectivity index (χ4n) is 3.99. The number of rotatable bonds is 11. The van der Waals surface area contributed by atoms with Crippen LogP contribution in [0.1, 0.15) is 79.1 Å². The molecular formula is C21H44O4Si. The van der Waals surface area contributed by atoms with Gasteiger partial charge in [-0.15, -0.1) is 0 Å². The van der Waals surface area contributed by atoms with Gasteiger partial charge in [-0.2, -0.15) is 0 Å². The predicted molar refractivity (Wildman–Crippen MR) is 113 cm³/mol. The van der Waals surface area contributed by atoms with Gasteiger partial charge in [0, 0.05) is 27.9 Å². The Hall–Kier alpha value is -0.203. The number of methoxy groups -OCH3 is 1. The Morgan fingerprint density at radius 2 is 1.73 bits per heavy atom. The van der Waals surface area contributed by atoms with E-state index in [2.05, 4.69) is 32.9 Å². The largest absolute Gasteiger partial charge is 0.396 e. The van der Waals surface area contributed by atoms with Gasteiger partial charge in [-0.05, 0) is 45.1 Å². The van der Waals surface area contributed by atoms with Crippen molar-refractivity contribution in [2.24, 2.45) is 0 Å². The second-order valence-corrected chi connectivity index (χ2v) is 10.6. The molecule has 0 amide bonds. The lowest BCUT2D eigenvalue weighted by atomic mass is 10.0. The maximum absolute atomic E-state index is 6.25. The molecule has 26 heavy (non-hydrogen) atoms. The summed E-state index contributed by atoms with van der Waals surface area (Å²) in [6.45, 7) is 9.37. The van der Waals surface area contributed by atoms with Crippen molar-refractivity contribution in [3.05, 3.63) is 12.2 Å². The van der Waals surface area contributed by atoms with Gasteiger partial charge in [-0.1, -0.05) is 52.2 Å². The van der Waals surface area contributed by atoms with E-state index in [9.17, 15) is 0 Å². The summed E-state index contributed by atoms with van der Waals surface area (Å²) in [6, 6.07) is 0.989. The topological polar surface area (TPSA) is 36.9 Å². The summed E-state index contributed by atoms with van der Waals surface area (Å²) in [6.07, 6.45) is 13.1. The van der Waals surface area contributed by atoms with Crippen molar-refractivity contribution in [1.29, 1.82) is 0 Å². The highest BCUT2D eigenvalue weighted by molar-refractivity contribution is 6.71. The van der Waals surface area contributed by atoms with Gasteiger partial charge in [0.15, 0.2) is 0 Å². The number of ether oxygens (including phenoxy) is 2. The Balaban J connectivity index is 0.00000110. The van der Waals surface area contributed by atoms with Gasteiger partial charge in [0.2, 0.25) is 0 Å². The van der Waals surface area contributed by atoms with Crippen molar-refractivity contribution in [2.45, 2.75) is 96.4 Å². The minimum atomic E-state index is -2.41. The van der Waals surface area contributed by atoms with Crippen LogP contribution < -0.4 is 0 Å². The molecule has 4 nitrogen and oxygen atoms in total. The molecule has 0 radical (unpaired) electrons. The average molecular weight is 389 g/mol. The molecule has 0 aromatic heterocycles. The van der Waals surface area contributed by atoms with Crippen LogP contribution in [0.25, 0.3) is 0 Å². The van der Waals surface area contributed by atoms with Crippen molar-refractivity contribution >= 4 is 8.56 Å². The molecule has 156 valence electrons. The molecule has 5 heteroatoms. The number of hydrogen-bond acceptors (Lipinski definition) is 4. The molecule has 2 atom stereocenters. The van der Waals surface area contributed by atoms with E-state index in [4.69, 9.17) is 18.3 Å². The number of unbranched alkanes of at least 4 members (excludes halogenated alkanes) is 2. The van der Waals surface area contributed by atoms with Crippen LogP contribution in [-0.2, 0) is 18.3 Å². The predicted octanol–water partition coefficient (Wildman–Crippen LogP) is 5.79. The van der Waals surface area contributed by atoms with E-state index in [1.165, 1.54) is 12.8 Å². The fraction of sp³-hybridized carbons (Fsp3) is 0.905. The average Bonchev–Trinajstić information content (AvgIpc) is 2.67. The summed E-state index contributed by atoms with van der Waals surface area (Å²) >= 11 is 0. The van der Waals surface area contributed by atoms with Crippen molar-refractivity contribution in [3.8, 4) is 0 Å². The van der Waals surface area contributed by atoms with E-state index in [0.717, 1.165) is 51.2 Å². The summed E-state index contributed by atoms with van der Waals surface area (Å²) in [5, 5.41) is -0.379. The summed E-state index contributed by atoms with van der Waals surface area (Å²) in [7, 11) is 2.94. The first-order valence-corrected chi connectivity index (χ1v) is 12.5. The van der Waals surface area contributed by atoms with Gasteiger partial charge < -0.3 is 18.3 Å². The molecule has 1 aliphatic heterocycles. The molecule has 0 bridgehead atoms. The van der Waals surface area contributed by atoms with E-state index < -0.39 is 8.56 Å². The second kappa shape index (κ2) is 14.8. The van der Waals surface area contributed by atoms with Gasteiger partial charge >= 0.3 is 8.56 Å². The highest BCUT2D eigenvalue weighted by atomic mass is 28.4. The Labute approximate surface area is 163 Å². The molecule has 0 aliphatic carbocycles. The van der Waals surface area contributed by atoms with E-state index in [1.807, 2.05) is 6.92 Å². The zero-order valence-electron chi connectivity index (χ0n) is 18.4. The lowest BCUT2D eigenvalue weighted by Crippen LogP contribution is -2.71. The summed E-state index contributed by atoms with van der Waals surface area (Å²) in [5.74, 6) is 0. The van der Waals surface area contributed by atoms with E-state index in [0.29, 0.717) is 0 Å². The molecular weight excluding hydrogens is 344 g/mol. The zero-order chi connectivity index (χ0) is 19.9. The SMILES string of the molecule is CC=CCC.CCCCCOC1CCC[Si](OC)(OC)C1(CCC)OC. The third-order valence-electron chi connectivity index (χ3n) is 5.32. The standard InChI is InChI=1S/C16H34O4Si.C5H10/c1-6-8-9-13-20-15-11-10-14-21(18-4,19-5)16(15,17-3)12-7-2;1-3-5-4-2/h15H,6-14H2,1-5H3;3,5H,4H2,1-2H3. The molecule has 0 saturated carbocycles. The van der Waals surface area contributed by atoms with Gasteiger partial charge in [-0.3, -0.25) is 0 Å². The zero-order valence-corrected chi connectivity index (χ0v) is 19.4. The van der Waals surface area contributed by atoms with Crippen molar-refractivity contribution in [1.82, 2.24) is 0 Å². The highest BCUT2D eigenvalue weighted by Crippen LogP contribution is 2.44. The van der Waals surface area contributed by atoms with Crippen LogP contribution in [-0.4, -0.2) is 47.8 Å². The van der Waals surface area contributed by atoms with E-state index >= 15 is 0 Å². The monoisotopic (exact) mass is 388 g/mol. The Bertz CT molecular complexity index is 358. The maximum atomic E-state index is 6.25. The Morgan fingerprint density at radius 3 is 2.15 bits per heavy atom. The van der Waals surface area contributed by atoms with Crippen molar-refractivity contribution in [2.75, 3.05) is 27.9 Å². The van der Waals surface area contributed by atoms with Crippen LogP contribution >= 0.6 is 0 Å². The molecule has 2 unspecified atom stereocenters. The third-order valence-corrected chi connectivity index (χ3v) is 9.72. The number of hydrogen-bond donors (Lipinski definition) is 0. The van der Waals surface area contributed by atoms with Crippen molar-refractivity contribution < 1.29 is 18.3 Å². The van der Waals surface area contributed by atoms with Gasteiger partial charge in [0.1, 0.15) is 5.22 Å². The first-order valence-electron chi connectivity index (χ1n) is 10.5. The lowest BCUT2D eigenvalue weighted by molar-refractivity contribution is -0.123. The number of allylic oxidation sites excluding steroid dienone is 2. The van der Waals surface area contributed by atoms with Crippen LogP contribution in [0, 0.1) is 0 Å². The van der Waals surface area contributed by atoms with E-state index in [-0.39, 0.29) is 11.3 Å². The minimum Gasteiger partial charge on any atom is -0.396 e. The molecule has 0 aromatic carbocycles. The lowest BCUT2D eigenvalue weighted by Gasteiger charge is -2.51.